The van der Waals surface area contributed by atoms with Crippen molar-refractivity contribution in [2.75, 3.05) is 5.73 Å². The molecule has 0 saturated heterocycles. The van der Waals surface area contributed by atoms with E-state index in [0.29, 0.717) is 34.9 Å². The van der Waals surface area contributed by atoms with Gasteiger partial charge >= 0.3 is 0 Å². The van der Waals surface area contributed by atoms with Crippen LogP contribution in [0.15, 0.2) is 22.9 Å². The molecule has 0 aliphatic rings. The van der Waals surface area contributed by atoms with Crippen molar-refractivity contribution in [3.05, 3.63) is 41.0 Å². The summed E-state index contributed by atoms with van der Waals surface area (Å²) in [6.07, 6.45) is 1.52. The number of anilines is 1. The summed E-state index contributed by atoms with van der Waals surface area (Å²) in [6.45, 7) is 3.86. The van der Waals surface area contributed by atoms with Gasteiger partial charge in [-0.1, -0.05) is 5.16 Å². The van der Waals surface area contributed by atoms with Gasteiger partial charge in [0, 0.05) is 6.07 Å². The summed E-state index contributed by atoms with van der Waals surface area (Å²) < 4.78 is 4.91. The second kappa shape index (κ2) is 4.87. The van der Waals surface area contributed by atoms with E-state index in [1.807, 2.05) is 0 Å². The Morgan fingerprint density at radius 1 is 1.44 bits per heavy atom. The van der Waals surface area contributed by atoms with Crippen molar-refractivity contribution < 1.29 is 9.32 Å². The minimum Gasteiger partial charge on any atom is -0.397 e. The minimum absolute atomic E-state index is 0.229. The van der Waals surface area contributed by atoms with E-state index in [-0.39, 0.29) is 5.91 Å². The highest BCUT2D eigenvalue weighted by Crippen LogP contribution is 2.09. The number of carbonyl (C=O) groups excluding carboxylic acids is 1. The van der Waals surface area contributed by atoms with Crippen LogP contribution in [-0.4, -0.2) is 16.0 Å². The molecule has 2 aromatic heterocycles. The molecule has 0 aromatic carbocycles. The Morgan fingerprint density at radius 3 is 2.89 bits per heavy atom. The Hall–Kier alpha value is -2.37. The maximum Gasteiger partial charge on any atom is 0.253 e. The van der Waals surface area contributed by atoms with Crippen LogP contribution in [0, 0.1) is 13.8 Å². The van der Waals surface area contributed by atoms with Gasteiger partial charge in [-0.2, -0.15) is 0 Å². The van der Waals surface area contributed by atoms with Crippen LogP contribution in [0.1, 0.15) is 27.5 Å². The SMILES string of the molecule is Cc1cc(CNC(=O)c2cc(N)cnc2C)no1. The van der Waals surface area contributed by atoms with Gasteiger partial charge in [-0.3, -0.25) is 9.78 Å². The van der Waals surface area contributed by atoms with Crippen molar-refractivity contribution in [3.8, 4) is 0 Å². The number of nitrogen functional groups attached to an aromatic ring is 1. The third kappa shape index (κ3) is 2.65. The molecular formula is C12H14N4O2. The Morgan fingerprint density at radius 2 is 2.22 bits per heavy atom. The van der Waals surface area contributed by atoms with E-state index >= 15 is 0 Å². The normalized spacial score (nSPS) is 10.3. The van der Waals surface area contributed by atoms with E-state index in [1.54, 1.807) is 26.0 Å². The number of amides is 1. The monoisotopic (exact) mass is 246 g/mol. The van der Waals surface area contributed by atoms with Gasteiger partial charge in [0.2, 0.25) is 0 Å². The number of aryl methyl sites for hydroxylation is 2. The lowest BCUT2D eigenvalue weighted by molar-refractivity contribution is 0.0949. The summed E-state index contributed by atoms with van der Waals surface area (Å²) in [5, 5.41) is 6.53. The second-order valence-electron chi connectivity index (χ2n) is 4.01. The van der Waals surface area contributed by atoms with Crippen molar-refractivity contribution >= 4 is 11.6 Å². The number of pyridine rings is 1. The average Bonchev–Trinajstić information content (AvgIpc) is 2.75. The Labute approximate surface area is 104 Å². The van der Waals surface area contributed by atoms with Gasteiger partial charge in [0.25, 0.3) is 5.91 Å². The van der Waals surface area contributed by atoms with E-state index in [4.69, 9.17) is 10.3 Å². The van der Waals surface area contributed by atoms with Crippen LogP contribution in [0.2, 0.25) is 0 Å². The quantitative estimate of drug-likeness (QED) is 0.848. The standard InChI is InChI=1S/C12H14N4O2/c1-7-3-10(16-18-7)6-15-12(17)11-4-9(13)5-14-8(11)2/h3-5H,6,13H2,1-2H3,(H,15,17). The molecule has 2 aromatic rings. The minimum atomic E-state index is -0.229. The van der Waals surface area contributed by atoms with Gasteiger partial charge in [0.1, 0.15) is 11.5 Å². The molecule has 18 heavy (non-hydrogen) atoms. The Balaban J connectivity index is 2.05. The number of aromatic nitrogens is 2. The lowest BCUT2D eigenvalue weighted by Gasteiger charge is -2.06. The van der Waals surface area contributed by atoms with Crippen LogP contribution < -0.4 is 11.1 Å². The third-order valence-corrected chi connectivity index (χ3v) is 2.46. The molecule has 0 saturated carbocycles. The van der Waals surface area contributed by atoms with Gasteiger partial charge in [-0.25, -0.2) is 0 Å². The maximum atomic E-state index is 11.9. The largest absolute Gasteiger partial charge is 0.397 e. The lowest BCUT2D eigenvalue weighted by atomic mass is 10.2. The van der Waals surface area contributed by atoms with Crippen molar-refractivity contribution in [1.29, 1.82) is 0 Å². The number of nitrogens with two attached hydrogens (primary N) is 1. The summed E-state index contributed by atoms with van der Waals surface area (Å²) in [6, 6.07) is 3.37. The van der Waals surface area contributed by atoms with Crippen LogP contribution >= 0.6 is 0 Å². The molecule has 0 spiro atoms. The molecule has 2 heterocycles. The zero-order chi connectivity index (χ0) is 13.1. The predicted octanol–water partition coefficient (Wildman–Crippen LogP) is 1.20. The zero-order valence-corrected chi connectivity index (χ0v) is 10.2. The van der Waals surface area contributed by atoms with Crippen molar-refractivity contribution in [1.82, 2.24) is 15.5 Å². The molecule has 94 valence electrons. The van der Waals surface area contributed by atoms with E-state index in [1.165, 1.54) is 6.20 Å². The Bertz CT molecular complexity index is 577. The Kier molecular flexibility index (Phi) is 3.27. The highest BCUT2D eigenvalue weighted by Gasteiger charge is 2.11. The fourth-order valence-electron chi connectivity index (χ4n) is 1.55. The molecule has 1 amide bonds. The topological polar surface area (TPSA) is 94.0 Å². The molecule has 6 heteroatoms. The number of hydrogen-bond acceptors (Lipinski definition) is 5. The highest BCUT2D eigenvalue weighted by atomic mass is 16.5. The number of nitrogens with one attached hydrogen (secondary N) is 1. The molecule has 3 N–H and O–H groups in total. The van der Waals surface area contributed by atoms with Crippen molar-refractivity contribution in [2.45, 2.75) is 20.4 Å². The van der Waals surface area contributed by atoms with Crippen LogP contribution in [-0.2, 0) is 6.54 Å². The number of rotatable bonds is 3. The van der Waals surface area contributed by atoms with E-state index in [9.17, 15) is 4.79 Å². The van der Waals surface area contributed by atoms with Gasteiger partial charge in [0.15, 0.2) is 0 Å². The average molecular weight is 246 g/mol. The number of carbonyl (C=O) groups is 1. The zero-order valence-electron chi connectivity index (χ0n) is 10.2. The second-order valence-corrected chi connectivity index (χ2v) is 4.01. The van der Waals surface area contributed by atoms with Crippen LogP contribution in [0.25, 0.3) is 0 Å². The summed E-state index contributed by atoms with van der Waals surface area (Å²) >= 11 is 0. The summed E-state index contributed by atoms with van der Waals surface area (Å²) in [4.78, 5) is 16.0. The molecule has 0 aliphatic carbocycles. The summed E-state index contributed by atoms with van der Waals surface area (Å²) in [5.41, 5.74) is 7.85. The van der Waals surface area contributed by atoms with E-state index in [2.05, 4.69) is 15.5 Å². The molecule has 0 atom stereocenters. The smallest absolute Gasteiger partial charge is 0.253 e. The molecule has 2 rings (SSSR count). The van der Waals surface area contributed by atoms with E-state index < -0.39 is 0 Å². The first-order valence-electron chi connectivity index (χ1n) is 5.49. The first-order valence-corrected chi connectivity index (χ1v) is 5.49. The molecule has 0 fully saturated rings. The molecular weight excluding hydrogens is 232 g/mol. The lowest BCUT2D eigenvalue weighted by Crippen LogP contribution is -2.24. The summed E-state index contributed by atoms with van der Waals surface area (Å²) in [5.74, 6) is 0.481. The molecule has 0 aliphatic heterocycles. The number of hydrogen-bond donors (Lipinski definition) is 2. The number of nitrogens with zero attached hydrogens (tertiary/aromatic N) is 2. The summed E-state index contributed by atoms with van der Waals surface area (Å²) in [7, 11) is 0. The highest BCUT2D eigenvalue weighted by molar-refractivity contribution is 5.95. The van der Waals surface area contributed by atoms with Gasteiger partial charge in [-0.05, 0) is 19.9 Å². The maximum absolute atomic E-state index is 11.9. The molecule has 6 nitrogen and oxygen atoms in total. The molecule has 0 bridgehead atoms. The van der Waals surface area contributed by atoms with Crippen LogP contribution in [0.5, 0.6) is 0 Å². The van der Waals surface area contributed by atoms with Crippen molar-refractivity contribution in [2.24, 2.45) is 0 Å². The van der Waals surface area contributed by atoms with Gasteiger partial charge in [-0.15, -0.1) is 0 Å². The fraction of sp³-hybridized carbons (Fsp3) is 0.250. The van der Waals surface area contributed by atoms with Gasteiger partial charge < -0.3 is 15.6 Å². The first kappa shape index (κ1) is 12.1. The van der Waals surface area contributed by atoms with Crippen LogP contribution in [0.3, 0.4) is 0 Å². The van der Waals surface area contributed by atoms with E-state index in [0.717, 1.165) is 0 Å². The van der Waals surface area contributed by atoms with Gasteiger partial charge in [0.05, 0.1) is 29.7 Å². The van der Waals surface area contributed by atoms with Crippen LogP contribution in [0.4, 0.5) is 5.69 Å². The third-order valence-electron chi connectivity index (χ3n) is 2.46. The first-order chi connectivity index (χ1) is 8.56. The predicted molar refractivity (Wildman–Crippen MR) is 65.8 cm³/mol. The fourth-order valence-corrected chi connectivity index (χ4v) is 1.55. The molecule has 0 radical (unpaired) electrons. The molecule has 0 unspecified atom stereocenters. The van der Waals surface area contributed by atoms with Crippen molar-refractivity contribution in [3.63, 3.8) is 0 Å².